The number of hydrogen-bond donors (Lipinski definition) is 1. The van der Waals surface area contributed by atoms with Gasteiger partial charge in [0.25, 0.3) is 0 Å². The van der Waals surface area contributed by atoms with Crippen LogP contribution < -0.4 is 5.32 Å². The molecule has 0 saturated carbocycles. The number of carbonyl (C=O) groups excluding carboxylic acids is 4. The minimum Gasteiger partial charge on any atom is -0.462 e. The SMILES string of the molecule is CCCCC/C=C\C/C=C\CCCCCCCC(=O)OCC(COC(=O)CCCCCCC/C=C\C/C=C\CCCCC)OC(=O)CC[C@H](CCCCCC)OC(=O)NCCN1CCCC1. The van der Waals surface area contributed by atoms with Crippen molar-refractivity contribution in [3.63, 3.8) is 0 Å². The zero-order chi connectivity index (χ0) is 47.8. The molecule has 10 nitrogen and oxygen atoms in total. The molecule has 1 saturated heterocycles. The molecule has 1 fully saturated rings. The van der Waals surface area contributed by atoms with Gasteiger partial charge >= 0.3 is 24.0 Å². The molecule has 1 aliphatic heterocycles. The number of alkyl carbamates (subject to hydrolysis) is 1. The maximum Gasteiger partial charge on any atom is 0.407 e. The lowest BCUT2D eigenvalue weighted by atomic mass is 10.1. The van der Waals surface area contributed by atoms with Gasteiger partial charge in [-0.25, -0.2) is 4.79 Å². The minimum atomic E-state index is -0.919. The van der Waals surface area contributed by atoms with E-state index in [2.05, 4.69) is 79.6 Å². The number of allylic oxidation sites excluding steroid dienone is 8. The van der Waals surface area contributed by atoms with Gasteiger partial charge in [-0.05, 0) is 122 Å². The Bertz CT molecular complexity index is 1230. The van der Waals surface area contributed by atoms with Crippen LogP contribution in [-0.4, -0.2) is 80.5 Å². The average molecular weight is 927 g/mol. The summed E-state index contributed by atoms with van der Waals surface area (Å²) < 4.78 is 22.7. The van der Waals surface area contributed by atoms with Crippen molar-refractivity contribution < 1.29 is 38.1 Å². The van der Waals surface area contributed by atoms with Gasteiger partial charge in [0.05, 0.1) is 0 Å². The maximum absolute atomic E-state index is 13.2. The van der Waals surface area contributed by atoms with Crippen molar-refractivity contribution in [3.8, 4) is 0 Å². The monoisotopic (exact) mass is 927 g/mol. The van der Waals surface area contributed by atoms with E-state index < -0.39 is 24.3 Å². The first-order valence-corrected chi connectivity index (χ1v) is 27.1. The van der Waals surface area contributed by atoms with Crippen LogP contribution >= 0.6 is 0 Å². The van der Waals surface area contributed by atoms with E-state index in [0.717, 1.165) is 135 Å². The Labute approximate surface area is 403 Å². The molecule has 0 aromatic carbocycles. The zero-order valence-corrected chi connectivity index (χ0v) is 42.6. The van der Waals surface area contributed by atoms with Crippen LogP contribution in [0.1, 0.15) is 233 Å². The molecular formula is C56H98N2O8. The van der Waals surface area contributed by atoms with E-state index in [1.807, 2.05) is 0 Å². The highest BCUT2D eigenvalue weighted by molar-refractivity contribution is 5.71. The summed E-state index contributed by atoms with van der Waals surface area (Å²) in [6.45, 7) is 9.69. The third-order valence-corrected chi connectivity index (χ3v) is 12.0. The minimum absolute atomic E-state index is 0.0236. The Hall–Kier alpha value is -3.40. The van der Waals surface area contributed by atoms with Crippen LogP contribution in [0.5, 0.6) is 0 Å². The number of carbonyl (C=O) groups is 4. The van der Waals surface area contributed by atoms with E-state index in [9.17, 15) is 19.2 Å². The van der Waals surface area contributed by atoms with Crippen molar-refractivity contribution in [2.24, 2.45) is 0 Å². The van der Waals surface area contributed by atoms with Gasteiger partial charge in [0.2, 0.25) is 0 Å². The molecule has 0 bridgehead atoms. The van der Waals surface area contributed by atoms with Crippen LogP contribution in [-0.2, 0) is 33.3 Å². The molecule has 0 unspecified atom stereocenters. The second-order valence-corrected chi connectivity index (χ2v) is 18.3. The molecule has 1 aliphatic rings. The maximum atomic E-state index is 13.2. The number of unbranched alkanes of at least 4 members (excludes halogenated alkanes) is 19. The molecule has 0 radical (unpaired) electrons. The first kappa shape index (κ1) is 60.6. The Balaban J connectivity index is 2.54. The molecule has 1 amide bonds. The number of esters is 3. The van der Waals surface area contributed by atoms with E-state index in [0.29, 0.717) is 19.4 Å². The third kappa shape index (κ3) is 40.8. The molecule has 10 heteroatoms. The number of nitrogens with zero attached hydrogens (tertiary/aromatic N) is 1. The molecule has 1 rings (SSSR count). The van der Waals surface area contributed by atoms with Gasteiger partial charge in [-0.3, -0.25) is 14.4 Å². The Morgan fingerprint density at radius 2 is 0.909 bits per heavy atom. The number of nitrogens with one attached hydrogen (secondary N) is 1. The van der Waals surface area contributed by atoms with Crippen molar-refractivity contribution in [2.75, 3.05) is 39.4 Å². The molecule has 66 heavy (non-hydrogen) atoms. The predicted octanol–water partition coefficient (Wildman–Crippen LogP) is 14.6. The topological polar surface area (TPSA) is 120 Å². The third-order valence-electron chi connectivity index (χ3n) is 12.0. The lowest BCUT2D eigenvalue weighted by molar-refractivity contribution is -0.167. The lowest BCUT2D eigenvalue weighted by Crippen LogP contribution is -2.36. The van der Waals surface area contributed by atoms with E-state index in [4.69, 9.17) is 18.9 Å². The fraction of sp³-hybridized carbons (Fsp3) is 0.786. The summed E-state index contributed by atoms with van der Waals surface area (Å²) in [6, 6.07) is 0. The molecule has 1 atom stereocenters. The number of hydrogen-bond acceptors (Lipinski definition) is 9. The highest BCUT2D eigenvalue weighted by Crippen LogP contribution is 2.16. The highest BCUT2D eigenvalue weighted by Gasteiger charge is 2.22. The van der Waals surface area contributed by atoms with E-state index in [-0.39, 0.29) is 44.4 Å². The van der Waals surface area contributed by atoms with E-state index >= 15 is 0 Å². The number of amides is 1. The molecule has 0 aliphatic carbocycles. The molecule has 0 aromatic rings. The number of ether oxygens (including phenoxy) is 4. The fourth-order valence-corrected chi connectivity index (χ4v) is 7.89. The van der Waals surface area contributed by atoms with Crippen molar-refractivity contribution in [3.05, 3.63) is 48.6 Å². The summed E-state index contributed by atoms with van der Waals surface area (Å²) in [5.41, 5.74) is 0. The van der Waals surface area contributed by atoms with Gasteiger partial charge in [-0.1, -0.05) is 153 Å². The Morgan fingerprint density at radius 1 is 0.470 bits per heavy atom. The molecule has 0 aromatic heterocycles. The molecular weight excluding hydrogens is 829 g/mol. The van der Waals surface area contributed by atoms with Gasteiger partial charge in [0.1, 0.15) is 19.3 Å². The Morgan fingerprint density at radius 3 is 1.41 bits per heavy atom. The first-order chi connectivity index (χ1) is 32.4. The fourth-order valence-electron chi connectivity index (χ4n) is 7.89. The van der Waals surface area contributed by atoms with Crippen molar-refractivity contribution >= 4 is 24.0 Å². The normalized spacial score (nSPS) is 13.8. The van der Waals surface area contributed by atoms with Gasteiger partial charge in [0, 0.05) is 32.4 Å². The summed E-state index contributed by atoms with van der Waals surface area (Å²) in [5, 5.41) is 2.88. The average Bonchev–Trinajstić information content (AvgIpc) is 3.84. The van der Waals surface area contributed by atoms with Crippen LogP contribution in [0.15, 0.2) is 48.6 Å². The van der Waals surface area contributed by atoms with Crippen molar-refractivity contribution in [1.29, 1.82) is 0 Å². The second-order valence-electron chi connectivity index (χ2n) is 18.3. The zero-order valence-electron chi connectivity index (χ0n) is 42.6. The molecule has 1 heterocycles. The summed E-state index contributed by atoms with van der Waals surface area (Å²) in [5.74, 6) is -1.21. The molecule has 380 valence electrons. The van der Waals surface area contributed by atoms with Crippen LogP contribution in [0.3, 0.4) is 0 Å². The van der Waals surface area contributed by atoms with Crippen LogP contribution in [0.4, 0.5) is 4.79 Å². The first-order valence-electron chi connectivity index (χ1n) is 27.1. The van der Waals surface area contributed by atoms with Gasteiger partial charge in [-0.2, -0.15) is 0 Å². The largest absolute Gasteiger partial charge is 0.462 e. The van der Waals surface area contributed by atoms with E-state index in [1.54, 1.807) is 0 Å². The van der Waals surface area contributed by atoms with Crippen LogP contribution in [0.2, 0.25) is 0 Å². The predicted molar refractivity (Wildman–Crippen MR) is 272 cm³/mol. The molecule has 1 N–H and O–H groups in total. The summed E-state index contributed by atoms with van der Waals surface area (Å²) in [6.07, 6.45) is 48.6. The van der Waals surface area contributed by atoms with Crippen molar-refractivity contribution in [2.45, 2.75) is 245 Å². The van der Waals surface area contributed by atoms with Gasteiger partial charge in [-0.15, -0.1) is 0 Å². The summed E-state index contributed by atoms with van der Waals surface area (Å²) in [4.78, 5) is 53.7. The number of rotatable bonds is 45. The van der Waals surface area contributed by atoms with Crippen molar-refractivity contribution in [1.82, 2.24) is 10.2 Å². The van der Waals surface area contributed by atoms with Gasteiger partial charge < -0.3 is 29.2 Å². The standard InChI is InChI=1S/C56H98N2O8/c1-4-7-10-13-15-17-19-21-23-25-27-29-31-33-36-41-53(59)63-49-52(50-64-54(60)42-37-34-32-30-28-26-24-22-20-18-16-14-11-8-5-2)65-55(61)44-43-51(40-35-12-9-6-3)66-56(62)57-45-48-58-46-38-39-47-58/h15-18,21-24,51-52H,4-14,19-20,25-50H2,1-3H3,(H,57,62)/b17-15-,18-16-,23-21-,24-22-/t51-/m0/s1. The second kappa shape index (κ2) is 46.7. The lowest BCUT2D eigenvalue weighted by Gasteiger charge is -2.21. The summed E-state index contributed by atoms with van der Waals surface area (Å²) in [7, 11) is 0. The van der Waals surface area contributed by atoms with E-state index in [1.165, 1.54) is 64.2 Å². The highest BCUT2D eigenvalue weighted by atomic mass is 16.6. The Kier molecular flexibility index (Phi) is 42.9. The molecule has 0 spiro atoms. The smallest absolute Gasteiger partial charge is 0.407 e. The summed E-state index contributed by atoms with van der Waals surface area (Å²) >= 11 is 0. The van der Waals surface area contributed by atoms with Gasteiger partial charge in [0.15, 0.2) is 6.10 Å². The number of likely N-dealkylation sites (tertiary alicyclic amines) is 1. The van der Waals surface area contributed by atoms with Crippen LogP contribution in [0.25, 0.3) is 0 Å². The quantitative estimate of drug-likeness (QED) is 0.0275. The van der Waals surface area contributed by atoms with Crippen LogP contribution in [0, 0.1) is 0 Å².